The lowest BCUT2D eigenvalue weighted by atomic mass is 10.1. The Kier molecular flexibility index (Phi) is 7.29. The molecule has 10 heteroatoms. The van der Waals surface area contributed by atoms with Crippen molar-refractivity contribution in [3.8, 4) is 0 Å². The Morgan fingerprint density at radius 3 is 2.31 bits per heavy atom. The number of carbonyl (C=O) groups is 2. The minimum atomic E-state index is -4.45. The molecule has 29 heavy (non-hydrogen) atoms. The maximum atomic E-state index is 12.8. The van der Waals surface area contributed by atoms with E-state index in [9.17, 15) is 22.8 Å². The van der Waals surface area contributed by atoms with Crippen molar-refractivity contribution in [3.05, 3.63) is 51.8 Å². The highest BCUT2D eigenvalue weighted by molar-refractivity contribution is 6.31. The van der Waals surface area contributed by atoms with Crippen LogP contribution in [0.3, 0.4) is 0 Å². The van der Waals surface area contributed by atoms with Crippen LogP contribution in [-0.2, 0) is 33.6 Å². The molecule has 0 fully saturated rings. The van der Waals surface area contributed by atoms with Crippen LogP contribution in [0.25, 0.3) is 0 Å². The van der Waals surface area contributed by atoms with Crippen molar-refractivity contribution in [2.75, 3.05) is 13.2 Å². The predicted octanol–water partition coefficient (Wildman–Crippen LogP) is 3.76. The number of amides is 1. The predicted molar refractivity (Wildman–Crippen MR) is 100 cm³/mol. The molecule has 0 saturated carbocycles. The number of hydrogen-bond donors (Lipinski definition) is 0. The standard InChI is InChI=1S/C19H21ClF3N3O3/c1-4-29-17(28)11-25(9-14-5-7-15(8-6-14)19(21,22)23)16(27)10-26-13(3)18(20)12(2)24-26/h5-8H,4,9-11H2,1-3H3. The van der Waals surface area contributed by atoms with E-state index < -0.39 is 23.6 Å². The molecule has 6 nitrogen and oxygen atoms in total. The van der Waals surface area contributed by atoms with Gasteiger partial charge in [0.15, 0.2) is 0 Å². The Labute approximate surface area is 171 Å². The first-order chi connectivity index (χ1) is 13.5. The van der Waals surface area contributed by atoms with Gasteiger partial charge in [0.2, 0.25) is 5.91 Å². The van der Waals surface area contributed by atoms with Gasteiger partial charge in [-0.15, -0.1) is 0 Å². The largest absolute Gasteiger partial charge is 0.465 e. The van der Waals surface area contributed by atoms with Crippen LogP contribution in [-0.4, -0.2) is 39.7 Å². The summed E-state index contributed by atoms with van der Waals surface area (Å²) in [5, 5.41) is 4.63. The molecule has 1 aromatic carbocycles. The molecule has 0 aliphatic rings. The quantitative estimate of drug-likeness (QED) is 0.626. The molecule has 0 saturated heterocycles. The molecule has 0 bridgehead atoms. The number of benzene rings is 1. The van der Waals surface area contributed by atoms with Crippen LogP contribution in [0.15, 0.2) is 24.3 Å². The SMILES string of the molecule is CCOC(=O)CN(Cc1ccc(C(F)(F)F)cc1)C(=O)Cn1nc(C)c(Cl)c1C. The van der Waals surface area contributed by atoms with Crippen LogP contribution in [0.5, 0.6) is 0 Å². The lowest BCUT2D eigenvalue weighted by Crippen LogP contribution is -2.38. The third-order valence-corrected chi connectivity index (χ3v) is 4.76. The highest BCUT2D eigenvalue weighted by atomic mass is 35.5. The van der Waals surface area contributed by atoms with Crippen molar-refractivity contribution in [2.45, 2.75) is 40.0 Å². The molecule has 0 aliphatic heterocycles. The number of ether oxygens (including phenoxy) is 1. The van der Waals surface area contributed by atoms with Crippen molar-refractivity contribution < 1.29 is 27.5 Å². The second-order valence-corrected chi connectivity index (χ2v) is 6.77. The summed E-state index contributed by atoms with van der Waals surface area (Å²) in [4.78, 5) is 25.9. The van der Waals surface area contributed by atoms with Crippen LogP contribution >= 0.6 is 11.6 Å². The molecular weight excluding hydrogens is 411 g/mol. The monoisotopic (exact) mass is 431 g/mol. The highest BCUT2D eigenvalue weighted by Crippen LogP contribution is 2.29. The van der Waals surface area contributed by atoms with Gasteiger partial charge in [-0.2, -0.15) is 18.3 Å². The fourth-order valence-electron chi connectivity index (χ4n) is 2.67. The third-order valence-electron chi connectivity index (χ3n) is 4.21. The van der Waals surface area contributed by atoms with Crippen molar-refractivity contribution in [2.24, 2.45) is 0 Å². The molecule has 2 aromatic rings. The number of aryl methyl sites for hydroxylation is 1. The van der Waals surface area contributed by atoms with E-state index in [4.69, 9.17) is 16.3 Å². The van der Waals surface area contributed by atoms with Gasteiger partial charge in [0.1, 0.15) is 13.1 Å². The first-order valence-corrected chi connectivity index (χ1v) is 9.19. The van der Waals surface area contributed by atoms with E-state index in [1.165, 1.54) is 21.7 Å². The summed E-state index contributed by atoms with van der Waals surface area (Å²) in [7, 11) is 0. The van der Waals surface area contributed by atoms with E-state index in [0.717, 1.165) is 12.1 Å². The molecule has 0 N–H and O–H groups in total. The number of halogens is 4. The fourth-order valence-corrected chi connectivity index (χ4v) is 2.81. The first kappa shape index (κ1) is 22.7. The minimum Gasteiger partial charge on any atom is -0.465 e. The molecule has 1 amide bonds. The molecule has 0 atom stereocenters. The van der Waals surface area contributed by atoms with Gasteiger partial charge in [-0.05, 0) is 38.5 Å². The van der Waals surface area contributed by atoms with Crippen molar-refractivity contribution in [3.63, 3.8) is 0 Å². The Morgan fingerprint density at radius 2 is 1.83 bits per heavy atom. The summed E-state index contributed by atoms with van der Waals surface area (Å²) >= 11 is 6.09. The lowest BCUT2D eigenvalue weighted by molar-refractivity contribution is -0.149. The Bertz CT molecular complexity index is 879. The van der Waals surface area contributed by atoms with E-state index in [-0.39, 0.29) is 26.2 Å². The minimum absolute atomic E-state index is 0.0528. The van der Waals surface area contributed by atoms with Crippen LogP contribution in [0.2, 0.25) is 5.02 Å². The molecule has 1 heterocycles. The summed E-state index contributed by atoms with van der Waals surface area (Å²) in [6.45, 7) is 4.64. The summed E-state index contributed by atoms with van der Waals surface area (Å²) in [5.41, 5.74) is 0.823. The van der Waals surface area contributed by atoms with Crippen molar-refractivity contribution in [1.29, 1.82) is 0 Å². The number of carbonyl (C=O) groups excluding carboxylic acids is 2. The summed E-state index contributed by atoms with van der Waals surface area (Å²) in [5.74, 6) is -1.06. The smallest absolute Gasteiger partial charge is 0.416 e. The number of nitrogens with zero attached hydrogens (tertiary/aromatic N) is 3. The second kappa shape index (κ2) is 9.30. The van der Waals surface area contributed by atoms with Gasteiger partial charge < -0.3 is 9.64 Å². The molecule has 0 aliphatic carbocycles. The van der Waals surface area contributed by atoms with Crippen LogP contribution in [0, 0.1) is 13.8 Å². The van der Waals surface area contributed by atoms with Crippen LogP contribution < -0.4 is 0 Å². The number of esters is 1. The van der Waals surface area contributed by atoms with Gasteiger partial charge in [0.25, 0.3) is 0 Å². The van der Waals surface area contributed by atoms with E-state index in [0.29, 0.717) is 22.0 Å². The zero-order chi connectivity index (χ0) is 21.8. The Morgan fingerprint density at radius 1 is 1.21 bits per heavy atom. The Balaban J connectivity index is 2.20. The summed E-state index contributed by atoms with van der Waals surface area (Å²) in [6, 6.07) is 4.41. The summed E-state index contributed by atoms with van der Waals surface area (Å²) in [6.07, 6.45) is -4.45. The number of hydrogen-bond acceptors (Lipinski definition) is 4. The average Bonchev–Trinajstić information content (AvgIpc) is 2.88. The summed E-state index contributed by atoms with van der Waals surface area (Å²) < 4.78 is 44.5. The molecule has 0 unspecified atom stereocenters. The molecule has 158 valence electrons. The number of aromatic nitrogens is 2. The second-order valence-electron chi connectivity index (χ2n) is 6.39. The maximum absolute atomic E-state index is 12.8. The topological polar surface area (TPSA) is 64.4 Å². The van der Waals surface area contributed by atoms with E-state index in [1.807, 2.05) is 0 Å². The van der Waals surface area contributed by atoms with Gasteiger partial charge in [-0.25, -0.2) is 0 Å². The zero-order valence-electron chi connectivity index (χ0n) is 16.2. The molecule has 2 rings (SSSR count). The first-order valence-electron chi connectivity index (χ1n) is 8.82. The fraction of sp³-hybridized carbons (Fsp3) is 0.421. The number of alkyl halides is 3. The van der Waals surface area contributed by atoms with Gasteiger partial charge in [-0.1, -0.05) is 23.7 Å². The van der Waals surface area contributed by atoms with Crippen molar-refractivity contribution in [1.82, 2.24) is 14.7 Å². The lowest BCUT2D eigenvalue weighted by Gasteiger charge is -2.22. The van der Waals surface area contributed by atoms with E-state index >= 15 is 0 Å². The zero-order valence-corrected chi connectivity index (χ0v) is 17.0. The van der Waals surface area contributed by atoms with Gasteiger partial charge >= 0.3 is 12.1 Å². The third kappa shape index (κ3) is 5.96. The maximum Gasteiger partial charge on any atom is 0.416 e. The average molecular weight is 432 g/mol. The van der Waals surface area contributed by atoms with Gasteiger partial charge in [-0.3, -0.25) is 14.3 Å². The van der Waals surface area contributed by atoms with Crippen LogP contribution in [0.1, 0.15) is 29.4 Å². The molecular formula is C19H21ClF3N3O3. The molecule has 0 spiro atoms. The normalized spacial score (nSPS) is 11.4. The van der Waals surface area contributed by atoms with E-state index in [1.54, 1.807) is 20.8 Å². The Hall–Kier alpha value is -2.55. The van der Waals surface area contributed by atoms with Crippen LogP contribution in [0.4, 0.5) is 13.2 Å². The van der Waals surface area contributed by atoms with E-state index in [2.05, 4.69) is 5.10 Å². The number of rotatable bonds is 7. The van der Waals surface area contributed by atoms with Crippen molar-refractivity contribution >= 4 is 23.5 Å². The molecule has 1 aromatic heterocycles. The van der Waals surface area contributed by atoms with Gasteiger partial charge in [0.05, 0.1) is 28.6 Å². The highest BCUT2D eigenvalue weighted by Gasteiger charge is 2.30. The van der Waals surface area contributed by atoms with Gasteiger partial charge in [0, 0.05) is 6.54 Å². The molecule has 0 radical (unpaired) electrons.